The molecule has 0 radical (unpaired) electrons. The molecule has 0 N–H and O–H groups in total. The Bertz CT molecular complexity index is 1200. The minimum Gasteiger partial charge on any atom is -0.485 e. The Kier molecular flexibility index (Phi) is 5.38. The largest absolute Gasteiger partial charge is 0.485 e. The molecule has 0 spiro atoms. The molecule has 2 heterocycles. The average Bonchev–Trinajstić information content (AvgIpc) is 3.20. The fourth-order valence-corrected chi connectivity index (χ4v) is 3.12. The molecule has 4 rings (SSSR count). The molecule has 0 amide bonds. The molecule has 4 aromatic rings. The first kappa shape index (κ1) is 19.5. The van der Waals surface area contributed by atoms with Crippen LogP contribution >= 0.6 is 0 Å². The van der Waals surface area contributed by atoms with Crippen molar-refractivity contribution in [2.75, 3.05) is 0 Å². The topological polar surface area (TPSA) is 87.3 Å². The van der Waals surface area contributed by atoms with E-state index in [1.54, 1.807) is 6.92 Å². The summed E-state index contributed by atoms with van der Waals surface area (Å²) in [7, 11) is 0. The molecule has 2 aromatic carbocycles. The van der Waals surface area contributed by atoms with Gasteiger partial charge in [-0.3, -0.25) is 4.98 Å². The molecule has 0 aliphatic rings. The van der Waals surface area contributed by atoms with E-state index in [-0.39, 0.29) is 30.7 Å². The van der Waals surface area contributed by atoms with Crippen molar-refractivity contribution in [2.45, 2.75) is 27.1 Å². The maximum atomic E-state index is 12.9. The standard InChI is InChI=1S/C22H18FN3O4/c1-13-17-5-3-4-6-18(17)24-14(2)21(13)22(27)29-12-20-25-19(26-30-20)11-28-16-9-7-15(23)8-10-16/h3-10H,11-12H2,1-2H3. The summed E-state index contributed by atoms with van der Waals surface area (Å²) < 4.78 is 28.8. The van der Waals surface area contributed by atoms with Crippen molar-refractivity contribution in [2.24, 2.45) is 0 Å². The fraction of sp³-hybridized carbons (Fsp3) is 0.182. The summed E-state index contributed by atoms with van der Waals surface area (Å²) >= 11 is 0. The normalized spacial score (nSPS) is 10.9. The van der Waals surface area contributed by atoms with Crippen LogP contribution in [0.25, 0.3) is 10.9 Å². The Morgan fingerprint density at radius 2 is 1.80 bits per heavy atom. The smallest absolute Gasteiger partial charge is 0.340 e. The minimum absolute atomic E-state index is 0.0376. The first-order chi connectivity index (χ1) is 14.5. The predicted octanol–water partition coefficient (Wildman–Crippen LogP) is 4.31. The maximum absolute atomic E-state index is 12.9. The second-order valence-corrected chi connectivity index (χ2v) is 6.64. The summed E-state index contributed by atoms with van der Waals surface area (Å²) in [6.45, 7) is 3.50. The van der Waals surface area contributed by atoms with Gasteiger partial charge in [0.2, 0.25) is 5.82 Å². The van der Waals surface area contributed by atoms with E-state index in [0.29, 0.717) is 17.0 Å². The van der Waals surface area contributed by atoms with Gasteiger partial charge in [0.25, 0.3) is 5.89 Å². The number of aryl methyl sites for hydroxylation is 2. The molecule has 0 saturated carbocycles. The summed E-state index contributed by atoms with van der Waals surface area (Å²) in [6.07, 6.45) is 0. The minimum atomic E-state index is -0.509. The fourth-order valence-electron chi connectivity index (χ4n) is 3.12. The van der Waals surface area contributed by atoms with E-state index in [4.69, 9.17) is 14.0 Å². The molecule has 2 aromatic heterocycles. The van der Waals surface area contributed by atoms with Crippen LogP contribution in [0.1, 0.15) is 33.3 Å². The summed E-state index contributed by atoms with van der Waals surface area (Å²) in [6, 6.07) is 13.2. The van der Waals surface area contributed by atoms with E-state index >= 15 is 0 Å². The molecular formula is C22H18FN3O4. The second-order valence-electron chi connectivity index (χ2n) is 6.64. The third-order valence-corrected chi connectivity index (χ3v) is 4.56. The molecule has 0 aliphatic heterocycles. The van der Waals surface area contributed by atoms with Crippen molar-refractivity contribution < 1.29 is 23.2 Å². The molecule has 0 saturated heterocycles. The monoisotopic (exact) mass is 407 g/mol. The van der Waals surface area contributed by atoms with E-state index in [2.05, 4.69) is 15.1 Å². The lowest BCUT2D eigenvalue weighted by Gasteiger charge is -2.11. The highest BCUT2D eigenvalue weighted by Crippen LogP contribution is 2.23. The predicted molar refractivity (Wildman–Crippen MR) is 105 cm³/mol. The van der Waals surface area contributed by atoms with Crippen molar-refractivity contribution >= 4 is 16.9 Å². The van der Waals surface area contributed by atoms with Crippen molar-refractivity contribution in [3.8, 4) is 5.75 Å². The van der Waals surface area contributed by atoms with Crippen LogP contribution in [0.2, 0.25) is 0 Å². The van der Waals surface area contributed by atoms with E-state index in [0.717, 1.165) is 16.5 Å². The molecule has 152 valence electrons. The zero-order chi connectivity index (χ0) is 21.1. The first-order valence-corrected chi connectivity index (χ1v) is 9.24. The number of pyridine rings is 1. The highest BCUT2D eigenvalue weighted by atomic mass is 19.1. The number of hydrogen-bond donors (Lipinski definition) is 0. The van der Waals surface area contributed by atoms with Crippen LogP contribution in [0.3, 0.4) is 0 Å². The van der Waals surface area contributed by atoms with Gasteiger partial charge in [-0.2, -0.15) is 4.98 Å². The summed E-state index contributed by atoms with van der Waals surface area (Å²) in [4.78, 5) is 21.3. The van der Waals surface area contributed by atoms with Crippen LogP contribution in [0, 0.1) is 19.7 Å². The quantitative estimate of drug-likeness (QED) is 0.440. The van der Waals surface area contributed by atoms with Gasteiger partial charge < -0.3 is 14.0 Å². The number of fused-ring (bicyclic) bond motifs is 1. The number of nitrogens with zero attached hydrogens (tertiary/aromatic N) is 3. The SMILES string of the molecule is Cc1nc2ccccc2c(C)c1C(=O)OCc1nc(COc2ccc(F)cc2)no1. The Hall–Kier alpha value is -3.81. The summed E-state index contributed by atoms with van der Waals surface area (Å²) in [5.41, 5.74) is 2.65. The molecule has 7 nitrogen and oxygen atoms in total. The van der Waals surface area contributed by atoms with E-state index in [9.17, 15) is 9.18 Å². The molecule has 0 unspecified atom stereocenters. The van der Waals surface area contributed by atoms with Crippen LogP contribution in [-0.2, 0) is 18.0 Å². The lowest BCUT2D eigenvalue weighted by atomic mass is 10.0. The molecule has 30 heavy (non-hydrogen) atoms. The zero-order valence-electron chi connectivity index (χ0n) is 16.4. The Morgan fingerprint density at radius 3 is 2.60 bits per heavy atom. The van der Waals surface area contributed by atoms with Crippen molar-refractivity contribution in [3.05, 3.63) is 82.9 Å². The third-order valence-electron chi connectivity index (χ3n) is 4.56. The number of para-hydroxylation sites is 1. The van der Waals surface area contributed by atoms with Gasteiger partial charge in [-0.25, -0.2) is 9.18 Å². The van der Waals surface area contributed by atoms with Gasteiger partial charge in [0, 0.05) is 5.39 Å². The molecule has 0 atom stereocenters. The zero-order valence-corrected chi connectivity index (χ0v) is 16.4. The number of hydrogen-bond acceptors (Lipinski definition) is 7. The van der Waals surface area contributed by atoms with Crippen molar-refractivity contribution in [3.63, 3.8) is 0 Å². The second kappa shape index (κ2) is 8.28. The Balaban J connectivity index is 1.40. The van der Waals surface area contributed by atoms with E-state index < -0.39 is 5.97 Å². The van der Waals surface area contributed by atoms with Gasteiger partial charge >= 0.3 is 5.97 Å². The van der Waals surface area contributed by atoms with Gasteiger partial charge in [-0.05, 0) is 49.7 Å². The van der Waals surface area contributed by atoms with Crippen molar-refractivity contribution in [1.29, 1.82) is 0 Å². The molecular weight excluding hydrogens is 389 g/mol. The number of benzene rings is 2. The number of ether oxygens (including phenoxy) is 2. The number of esters is 1. The van der Waals surface area contributed by atoms with Crippen LogP contribution in [0.4, 0.5) is 4.39 Å². The Morgan fingerprint density at radius 1 is 1.03 bits per heavy atom. The lowest BCUT2D eigenvalue weighted by molar-refractivity contribution is 0.0427. The molecule has 0 fully saturated rings. The molecule has 8 heteroatoms. The maximum Gasteiger partial charge on any atom is 0.340 e. The van der Waals surface area contributed by atoms with Crippen LogP contribution in [0.5, 0.6) is 5.75 Å². The highest BCUT2D eigenvalue weighted by molar-refractivity contribution is 5.98. The Labute approximate surface area is 171 Å². The van der Waals surface area contributed by atoms with Gasteiger partial charge in [-0.15, -0.1) is 0 Å². The van der Waals surface area contributed by atoms with E-state index in [1.165, 1.54) is 24.3 Å². The third kappa shape index (κ3) is 4.12. The number of halogens is 1. The van der Waals surface area contributed by atoms with Crippen LogP contribution < -0.4 is 4.74 Å². The van der Waals surface area contributed by atoms with Gasteiger partial charge in [-0.1, -0.05) is 23.4 Å². The average molecular weight is 407 g/mol. The van der Waals surface area contributed by atoms with E-state index in [1.807, 2.05) is 31.2 Å². The lowest BCUT2D eigenvalue weighted by Crippen LogP contribution is -2.11. The molecule has 0 bridgehead atoms. The van der Waals surface area contributed by atoms with Gasteiger partial charge in [0.15, 0.2) is 13.2 Å². The first-order valence-electron chi connectivity index (χ1n) is 9.24. The van der Waals surface area contributed by atoms with Gasteiger partial charge in [0.05, 0.1) is 16.8 Å². The van der Waals surface area contributed by atoms with Crippen LogP contribution in [0.15, 0.2) is 53.1 Å². The highest BCUT2D eigenvalue weighted by Gasteiger charge is 2.19. The van der Waals surface area contributed by atoms with Crippen LogP contribution in [-0.4, -0.2) is 21.1 Å². The summed E-state index contributed by atoms with van der Waals surface area (Å²) in [5, 5.41) is 4.68. The number of carbonyl (C=O) groups excluding carboxylic acids is 1. The molecule has 0 aliphatic carbocycles. The number of rotatable bonds is 6. The van der Waals surface area contributed by atoms with Gasteiger partial charge in [0.1, 0.15) is 11.6 Å². The summed E-state index contributed by atoms with van der Waals surface area (Å²) in [5.74, 6) is 0.0443. The number of carbonyl (C=O) groups is 1. The number of aromatic nitrogens is 3. The van der Waals surface area contributed by atoms with Crippen molar-refractivity contribution in [1.82, 2.24) is 15.1 Å².